The van der Waals surface area contributed by atoms with E-state index in [1.54, 1.807) is 0 Å². The number of nitrogens with zero attached hydrogens (tertiary/aromatic N) is 4. The molecule has 25 heavy (non-hydrogen) atoms. The van der Waals surface area contributed by atoms with Crippen molar-refractivity contribution >= 4 is 22.7 Å². The van der Waals surface area contributed by atoms with Crippen molar-refractivity contribution < 1.29 is 24.4 Å². The van der Waals surface area contributed by atoms with E-state index in [0.29, 0.717) is 12.1 Å². The standard InChI is InChI=1S/C12H6N4O9/c17-13(18)7-1-2-12(11(6-7)16(23)24)25-10-4-8(14(19)20)3-9(5-10)15(21)22/h1-6H. The van der Waals surface area contributed by atoms with Crippen LogP contribution in [0.5, 0.6) is 11.5 Å². The molecule has 0 aliphatic carbocycles. The van der Waals surface area contributed by atoms with Gasteiger partial charge in [0.2, 0.25) is 5.75 Å². The van der Waals surface area contributed by atoms with Crippen LogP contribution in [0.1, 0.15) is 0 Å². The molecule has 13 heteroatoms. The van der Waals surface area contributed by atoms with E-state index >= 15 is 0 Å². The van der Waals surface area contributed by atoms with E-state index in [0.717, 1.165) is 24.3 Å². The maximum atomic E-state index is 11.0. The lowest BCUT2D eigenvalue weighted by Gasteiger charge is -2.06. The molecule has 13 nitrogen and oxygen atoms in total. The minimum atomic E-state index is -0.950. The molecular formula is C12H6N4O9. The minimum absolute atomic E-state index is 0.405. The Kier molecular flexibility index (Phi) is 4.49. The van der Waals surface area contributed by atoms with Crippen molar-refractivity contribution in [2.45, 2.75) is 0 Å². The second-order valence-corrected chi connectivity index (χ2v) is 4.47. The highest BCUT2D eigenvalue weighted by atomic mass is 16.6. The van der Waals surface area contributed by atoms with Crippen molar-refractivity contribution in [3.63, 3.8) is 0 Å². The maximum Gasteiger partial charge on any atom is 0.318 e. The molecule has 128 valence electrons. The molecule has 2 aromatic carbocycles. The molecular weight excluding hydrogens is 344 g/mol. The highest BCUT2D eigenvalue weighted by molar-refractivity contribution is 5.56. The van der Waals surface area contributed by atoms with Gasteiger partial charge in [-0.05, 0) is 6.07 Å². The van der Waals surface area contributed by atoms with E-state index in [-0.39, 0.29) is 0 Å². The number of ether oxygens (including phenoxy) is 1. The average Bonchev–Trinajstić information content (AvgIpc) is 2.54. The fourth-order valence-electron chi connectivity index (χ4n) is 1.81. The summed E-state index contributed by atoms with van der Waals surface area (Å²) < 4.78 is 5.11. The van der Waals surface area contributed by atoms with E-state index in [1.165, 1.54) is 0 Å². The molecule has 0 amide bonds. The first-order chi connectivity index (χ1) is 11.7. The molecule has 0 heterocycles. The Labute approximate surface area is 136 Å². The molecule has 0 saturated heterocycles. The highest BCUT2D eigenvalue weighted by Gasteiger charge is 2.23. The van der Waals surface area contributed by atoms with Crippen LogP contribution in [0, 0.1) is 40.5 Å². The maximum absolute atomic E-state index is 11.0. The second kappa shape index (κ2) is 6.53. The smallest absolute Gasteiger partial charge is 0.318 e. The Morgan fingerprint density at radius 2 is 1.16 bits per heavy atom. The number of hydrogen-bond donors (Lipinski definition) is 0. The summed E-state index contributed by atoms with van der Waals surface area (Å²) in [6.07, 6.45) is 0. The van der Waals surface area contributed by atoms with E-state index in [1.807, 2.05) is 0 Å². The molecule has 0 N–H and O–H groups in total. The summed E-state index contributed by atoms with van der Waals surface area (Å²) in [6.45, 7) is 0. The Morgan fingerprint density at radius 3 is 1.60 bits per heavy atom. The minimum Gasteiger partial charge on any atom is -0.450 e. The van der Waals surface area contributed by atoms with Crippen molar-refractivity contribution in [3.05, 3.63) is 76.9 Å². The fourth-order valence-corrected chi connectivity index (χ4v) is 1.81. The molecule has 0 saturated carbocycles. The van der Waals surface area contributed by atoms with E-state index in [9.17, 15) is 40.5 Å². The predicted molar refractivity (Wildman–Crippen MR) is 79.6 cm³/mol. The Balaban J connectivity index is 2.52. The molecule has 2 rings (SSSR count). The first kappa shape index (κ1) is 17.2. The van der Waals surface area contributed by atoms with Crippen LogP contribution in [0.4, 0.5) is 22.7 Å². The summed E-state index contributed by atoms with van der Waals surface area (Å²) in [5.74, 6) is -0.872. The third-order valence-corrected chi connectivity index (χ3v) is 2.88. The van der Waals surface area contributed by atoms with Crippen LogP contribution in [0.25, 0.3) is 0 Å². The van der Waals surface area contributed by atoms with Crippen molar-refractivity contribution in [2.24, 2.45) is 0 Å². The van der Waals surface area contributed by atoms with Crippen molar-refractivity contribution in [1.29, 1.82) is 0 Å². The fraction of sp³-hybridized carbons (Fsp3) is 0. The highest BCUT2D eigenvalue weighted by Crippen LogP contribution is 2.36. The monoisotopic (exact) mass is 350 g/mol. The molecule has 0 radical (unpaired) electrons. The molecule has 0 aliphatic rings. The van der Waals surface area contributed by atoms with E-state index < -0.39 is 53.9 Å². The number of nitro groups is 4. The molecule has 0 aliphatic heterocycles. The van der Waals surface area contributed by atoms with Crippen molar-refractivity contribution in [3.8, 4) is 11.5 Å². The van der Waals surface area contributed by atoms with Crippen LogP contribution in [-0.4, -0.2) is 19.7 Å². The van der Waals surface area contributed by atoms with Gasteiger partial charge in [-0.3, -0.25) is 40.5 Å². The molecule has 2 aromatic rings. The van der Waals surface area contributed by atoms with Crippen molar-refractivity contribution in [2.75, 3.05) is 0 Å². The van der Waals surface area contributed by atoms with Gasteiger partial charge >= 0.3 is 5.69 Å². The number of benzene rings is 2. The molecule has 0 bridgehead atoms. The van der Waals surface area contributed by atoms with Crippen LogP contribution in [0.2, 0.25) is 0 Å². The van der Waals surface area contributed by atoms with Gasteiger partial charge in [-0.15, -0.1) is 0 Å². The van der Waals surface area contributed by atoms with Gasteiger partial charge < -0.3 is 4.74 Å². The van der Waals surface area contributed by atoms with Gasteiger partial charge in [0.05, 0.1) is 44.0 Å². The lowest BCUT2D eigenvalue weighted by molar-refractivity contribution is -0.395. The normalized spacial score (nSPS) is 10.1. The van der Waals surface area contributed by atoms with Gasteiger partial charge in [0.1, 0.15) is 5.75 Å². The van der Waals surface area contributed by atoms with Gasteiger partial charge in [-0.2, -0.15) is 0 Å². The topological polar surface area (TPSA) is 182 Å². The van der Waals surface area contributed by atoms with Crippen LogP contribution >= 0.6 is 0 Å². The number of rotatable bonds is 6. The molecule has 0 spiro atoms. The van der Waals surface area contributed by atoms with Crippen LogP contribution in [0.15, 0.2) is 36.4 Å². The van der Waals surface area contributed by atoms with Gasteiger partial charge in [0.15, 0.2) is 0 Å². The largest absolute Gasteiger partial charge is 0.450 e. The molecule has 0 unspecified atom stereocenters. The number of non-ortho nitro benzene ring substituents is 3. The van der Waals surface area contributed by atoms with Crippen LogP contribution < -0.4 is 4.74 Å². The first-order valence-electron chi connectivity index (χ1n) is 6.23. The number of hydrogen-bond acceptors (Lipinski definition) is 9. The molecule has 0 aromatic heterocycles. The Hall–Kier alpha value is -4.16. The summed E-state index contributed by atoms with van der Waals surface area (Å²) in [5, 5.41) is 43.3. The summed E-state index contributed by atoms with van der Waals surface area (Å²) in [4.78, 5) is 39.7. The van der Waals surface area contributed by atoms with Gasteiger partial charge in [0, 0.05) is 6.07 Å². The van der Waals surface area contributed by atoms with Gasteiger partial charge in [-0.1, -0.05) is 0 Å². The second-order valence-electron chi connectivity index (χ2n) is 4.47. The zero-order chi connectivity index (χ0) is 18.7. The summed E-state index contributed by atoms with van der Waals surface area (Å²) in [5.41, 5.74) is -2.66. The third-order valence-electron chi connectivity index (χ3n) is 2.88. The zero-order valence-corrected chi connectivity index (χ0v) is 11.9. The number of nitro benzene ring substituents is 4. The first-order valence-corrected chi connectivity index (χ1v) is 6.23. The Morgan fingerprint density at radius 1 is 0.640 bits per heavy atom. The summed E-state index contributed by atoms with van der Waals surface area (Å²) in [6, 6.07) is 4.84. The molecule has 0 fully saturated rings. The van der Waals surface area contributed by atoms with Crippen molar-refractivity contribution in [1.82, 2.24) is 0 Å². The lowest BCUT2D eigenvalue weighted by Crippen LogP contribution is -1.98. The van der Waals surface area contributed by atoms with Gasteiger partial charge in [0.25, 0.3) is 17.1 Å². The average molecular weight is 350 g/mol. The third kappa shape index (κ3) is 3.79. The van der Waals surface area contributed by atoms with Crippen LogP contribution in [-0.2, 0) is 0 Å². The predicted octanol–water partition coefficient (Wildman–Crippen LogP) is 3.11. The lowest BCUT2D eigenvalue weighted by atomic mass is 10.2. The van der Waals surface area contributed by atoms with E-state index in [4.69, 9.17) is 4.74 Å². The SMILES string of the molecule is O=[N+]([O-])c1cc(Oc2ccc([N+](=O)[O-])cc2[N+](=O)[O-])cc([N+](=O)[O-])c1. The Bertz CT molecular complexity index is 879. The van der Waals surface area contributed by atoms with Gasteiger partial charge in [-0.25, -0.2) is 0 Å². The summed E-state index contributed by atoms with van der Waals surface area (Å²) >= 11 is 0. The zero-order valence-electron chi connectivity index (χ0n) is 11.9. The van der Waals surface area contributed by atoms with E-state index in [2.05, 4.69) is 0 Å². The quantitative estimate of drug-likeness (QED) is 0.558. The molecule has 0 atom stereocenters. The van der Waals surface area contributed by atoms with Crippen LogP contribution in [0.3, 0.4) is 0 Å². The summed E-state index contributed by atoms with van der Waals surface area (Å²) in [7, 11) is 0.